The quantitative estimate of drug-likeness (QED) is 0.383. The summed E-state index contributed by atoms with van der Waals surface area (Å²) >= 11 is 11.6. The number of aliphatic hydroxyl groups is 1. The number of rotatable bonds is 2. The second-order valence-electron chi connectivity index (χ2n) is 4.94. The SMILES string of the molecule is O=C1O[C@H](c2ccc(Cl)cc2)C(=C(O)c2ccc(Cl)cc2)C1=O. The molecule has 3 rings (SSSR count). The van der Waals surface area contributed by atoms with Crippen LogP contribution in [-0.4, -0.2) is 16.9 Å². The number of cyclic esters (lactones) is 1. The van der Waals surface area contributed by atoms with Gasteiger partial charge in [-0.3, -0.25) is 4.79 Å². The third kappa shape index (κ3) is 2.96. The van der Waals surface area contributed by atoms with Crippen LogP contribution in [0.4, 0.5) is 0 Å². The fourth-order valence-corrected chi connectivity index (χ4v) is 2.57. The van der Waals surface area contributed by atoms with E-state index >= 15 is 0 Å². The number of carbonyl (C=O) groups is 2. The normalized spacial score (nSPS) is 19.7. The Morgan fingerprint density at radius 2 is 1.43 bits per heavy atom. The zero-order valence-corrected chi connectivity index (χ0v) is 13.1. The van der Waals surface area contributed by atoms with E-state index in [9.17, 15) is 14.7 Å². The summed E-state index contributed by atoms with van der Waals surface area (Å²) in [5.41, 5.74) is 0.818. The van der Waals surface area contributed by atoms with Gasteiger partial charge in [0.15, 0.2) is 6.10 Å². The highest BCUT2D eigenvalue weighted by Crippen LogP contribution is 2.37. The molecule has 0 aliphatic carbocycles. The fraction of sp³-hybridized carbons (Fsp3) is 0.0588. The zero-order valence-electron chi connectivity index (χ0n) is 11.6. The second kappa shape index (κ2) is 6.07. The van der Waals surface area contributed by atoms with Gasteiger partial charge in [-0.2, -0.15) is 0 Å². The Morgan fingerprint density at radius 1 is 0.913 bits per heavy atom. The summed E-state index contributed by atoms with van der Waals surface area (Å²) in [6, 6.07) is 12.8. The molecule has 1 N–H and O–H groups in total. The first-order valence-corrected chi connectivity index (χ1v) is 7.43. The molecule has 0 spiro atoms. The lowest BCUT2D eigenvalue weighted by atomic mass is 9.97. The van der Waals surface area contributed by atoms with Crippen LogP contribution in [0.15, 0.2) is 54.1 Å². The van der Waals surface area contributed by atoms with Crippen molar-refractivity contribution in [3.8, 4) is 0 Å². The summed E-state index contributed by atoms with van der Waals surface area (Å²) in [6.07, 6.45) is -0.969. The van der Waals surface area contributed by atoms with Crippen molar-refractivity contribution in [3.05, 3.63) is 75.3 Å². The van der Waals surface area contributed by atoms with Gasteiger partial charge in [0.05, 0.1) is 5.57 Å². The van der Waals surface area contributed by atoms with E-state index in [1.165, 1.54) is 0 Å². The topological polar surface area (TPSA) is 63.6 Å². The fourth-order valence-electron chi connectivity index (χ4n) is 2.32. The summed E-state index contributed by atoms with van der Waals surface area (Å²) in [7, 11) is 0. The van der Waals surface area contributed by atoms with Crippen molar-refractivity contribution < 1.29 is 19.4 Å². The maximum Gasteiger partial charge on any atom is 0.380 e. The number of hydrogen-bond donors (Lipinski definition) is 1. The second-order valence-corrected chi connectivity index (χ2v) is 5.81. The summed E-state index contributed by atoms with van der Waals surface area (Å²) < 4.78 is 5.10. The van der Waals surface area contributed by atoms with E-state index in [0.29, 0.717) is 21.2 Å². The Balaban J connectivity index is 2.10. The number of hydrogen-bond acceptors (Lipinski definition) is 4. The molecule has 116 valence electrons. The Labute approximate surface area is 141 Å². The van der Waals surface area contributed by atoms with Gasteiger partial charge < -0.3 is 9.84 Å². The van der Waals surface area contributed by atoms with Crippen LogP contribution in [0.2, 0.25) is 10.0 Å². The number of esters is 1. The Bertz CT molecular complexity index is 807. The minimum absolute atomic E-state index is 0.0976. The van der Waals surface area contributed by atoms with Gasteiger partial charge in [0, 0.05) is 15.6 Å². The van der Waals surface area contributed by atoms with E-state index in [0.717, 1.165) is 0 Å². The van der Waals surface area contributed by atoms with Crippen LogP contribution in [0.3, 0.4) is 0 Å². The lowest BCUT2D eigenvalue weighted by Gasteiger charge is -2.12. The van der Waals surface area contributed by atoms with Gasteiger partial charge in [0.2, 0.25) is 0 Å². The first kappa shape index (κ1) is 15.6. The molecular weight excluding hydrogens is 339 g/mol. The number of carbonyl (C=O) groups excluding carboxylic acids is 2. The summed E-state index contributed by atoms with van der Waals surface area (Å²) in [4.78, 5) is 23.8. The highest BCUT2D eigenvalue weighted by molar-refractivity contribution is 6.44. The molecule has 0 radical (unpaired) electrons. The molecule has 0 unspecified atom stereocenters. The van der Waals surface area contributed by atoms with Crippen molar-refractivity contribution in [2.45, 2.75) is 6.10 Å². The number of Topliss-reactive ketones (excluding diaryl/α,β-unsaturated/α-hetero) is 1. The summed E-state index contributed by atoms with van der Waals surface area (Å²) in [5.74, 6) is -2.17. The van der Waals surface area contributed by atoms with E-state index in [1.807, 2.05) is 0 Å². The molecule has 2 aromatic carbocycles. The standard InChI is InChI=1S/C17H10Cl2O4/c18-11-5-1-9(2-6-11)14(20)13-15(21)17(22)23-16(13)10-3-7-12(19)8-4-10/h1-8,16,20H/t16-/m1/s1. The van der Waals surface area contributed by atoms with Gasteiger partial charge in [0.25, 0.3) is 5.78 Å². The predicted molar refractivity (Wildman–Crippen MR) is 86.3 cm³/mol. The largest absolute Gasteiger partial charge is 0.507 e. The van der Waals surface area contributed by atoms with Crippen molar-refractivity contribution in [2.24, 2.45) is 0 Å². The molecule has 1 aliphatic heterocycles. The predicted octanol–water partition coefficient (Wildman–Crippen LogP) is 4.13. The van der Waals surface area contributed by atoms with Gasteiger partial charge in [0.1, 0.15) is 5.76 Å². The number of ketones is 1. The average Bonchev–Trinajstić information content (AvgIpc) is 2.84. The van der Waals surface area contributed by atoms with Gasteiger partial charge in [-0.05, 0) is 42.0 Å². The molecule has 1 fully saturated rings. The van der Waals surface area contributed by atoms with Crippen LogP contribution in [0.5, 0.6) is 0 Å². The van der Waals surface area contributed by atoms with Gasteiger partial charge in [-0.15, -0.1) is 0 Å². The van der Waals surface area contributed by atoms with Gasteiger partial charge >= 0.3 is 5.97 Å². The van der Waals surface area contributed by atoms with Crippen molar-refractivity contribution in [1.82, 2.24) is 0 Å². The smallest absolute Gasteiger partial charge is 0.380 e. The van der Waals surface area contributed by atoms with Crippen LogP contribution in [-0.2, 0) is 14.3 Å². The van der Waals surface area contributed by atoms with Gasteiger partial charge in [-0.25, -0.2) is 4.79 Å². The third-order valence-electron chi connectivity index (χ3n) is 3.46. The molecule has 1 saturated heterocycles. The van der Waals surface area contributed by atoms with Crippen LogP contribution in [0.1, 0.15) is 17.2 Å². The van der Waals surface area contributed by atoms with E-state index in [1.54, 1.807) is 48.5 Å². The highest BCUT2D eigenvalue weighted by Gasteiger charge is 2.42. The summed E-state index contributed by atoms with van der Waals surface area (Å²) in [5, 5.41) is 11.4. The van der Waals surface area contributed by atoms with Crippen molar-refractivity contribution in [2.75, 3.05) is 0 Å². The molecule has 0 aromatic heterocycles. The highest BCUT2D eigenvalue weighted by atomic mass is 35.5. The minimum atomic E-state index is -1.000. The molecule has 0 saturated carbocycles. The van der Waals surface area contributed by atoms with Crippen molar-refractivity contribution in [1.29, 1.82) is 0 Å². The van der Waals surface area contributed by atoms with Crippen molar-refractivity contribution in [3.63, 3.8) is 0 Å². The molecule has 6 heteroatoms. The number of halogens is 2. The Hall–Kier alpha value is -2.30. The van der Waals surface area contributed by atoms with E-state index in [-0.39, 0.29) is 11.3 Å². The third-order valence-corrected chi connectivity index (χ3v) is 3.97. The Kier molecular flexibility index (Phi) is 4.11. The Morgan fingerprint density at radius 3 is 2.00 bits per heavy atom. The summed E-state index contributed by atoms with van der Waals surface area (Å²) in [6.45, 7) is 0. The number of benzene rings is 2. The van der Waals surface area contributed by atoms with Crippen LogP contribution in [0, 0.1) is 0 Å². The monoisotopic (exact) mass is 348 g/mol. The van der Waals surface area contributed by atoms with E-state index in [2.05, 4.69) is 0 Å². The maximum absolute atomic E-state index is 12.1. The molecule has 1 heterocycles. The van der Waals surface area contributed by atoms with Crippen LogP contribution < -0.4 is 0 Å². The first-order chi connectivity index (χ1) is 11.0. The molecule has 0 bridgehead atoms. The van der Waals surface area contributed by atoms with Crippen LogP contribution in [0.25, 0.3) is 5.76 Å². The number of ether oxygens (including phenoxy) is 1. The van der Waals surface area contributed by atoms with Crippen LogP contribution >= 0.6 is 23.2 Å². The lowest BCUT2D eigenvalue weighted by molar-refractivity contribution is -0.149. The molecule has 1 aliphatic rings. The zero-order chi connectivity index (χ0) is 16.6. The minimum Gasteiger partial charge on any atom is -0.507 e. The van der Waals surface area contributed by atoms with E-state index < -0.39 is 17.9 Å². The lowest BCUT2D eigenvalue weighted by Crippen LogP contribution is -2.08. The van der Waals surface area contributed by atoms with Crippen molar-refractivity contribution >= 4 is 40.7 Å². The molecular formula is C17H10Cl2O4. The molecule has 23 heavy (non-hydrogen) atoms. The molecule has 4 nitrogen and oxygen atoms in total. The molecule has 0 amide bonds. The first-order valence-electron chi connectivity index (χ1n) is 6.67. The van der Waals surface area contributed by atoms with E-state index in [4.69, 9.17) is 27.9 Å². The van der Waals surface area contributed by atoms with Gasteiger partial charge in [-0.1, -0.05) is 35.3 Å². The average molecular weight is 349 g/mol. The number of aliphatic hydroxyl groups excluding tert-OH is 1. The molecule has 1 atom stereocenters. The molecule has 2 aromatic rings. The maximum atomic E-state index is 12.1.